The van der Waals surface area contributed by atoms with Crippen molar-refractivity contribution in [3.8, 4) is 0 Å². The zero-order valence-electron chi connectivity index (χ0n) is 13.2. The van der Waals surface area contributed by atoms with E-state index >= 15 is 0 Å². The third-order valence-corrected chi connectivity index (χ3v) is 3.88. The van der Waals surface area contributed by atoms with Crippen LogP contribution in [0.1, 0.15) is 20.3 Å². The second kappa shape index (κ2) is 8.89. The highest BCUT2D eigenvalue weighted by Gasteiger charge is 2.17. The topological polar surface area (TPSA) is 74.5 Å². The molecule has 0 amide bonds. The monoisotopic (exact) mass is 315 g/mol. The average Bonchev–Trinajstić information content (AvgIpc) is 2.83. The highest BCUT2D eigenvalue weighted by Crippen LogP contribution is 2.22. The predicted molar refractivity (Wildman–Crippen MR) is 85.1 cm³/mol. The highest BCUT2D eigenvalue weighted by molar-refractivity contribution is 7.99. The Morgan fingerprint density at radius 1 is 1.24 bits per heavy atom. The van der Waals surface area contributed by atoms with E-state index in [1.807, 2.05) is 25.6 Å². The van der Waals surface area contributed by atoms with Crippen LogP contribution in [0.4, 0.5) is 5.95 Å². The quantitative estimate of drug-likeness (QED) is 0.651. The van der Waals surface area contributed by atoms with Gasteiger partial charge < -0.3 is 14.9 Å². The summed E-state index contributed by atoms with van der Waals surface area (Å²) in [4.78, 5) is 15.0. The Morgan fingerprint density at radius 3 is 2.48 bits per heavy atom. The van der Waals surface area contributed by atoms with Crippen molar-refractivity contribution in [1.29, 1.82) is 0 Å². The molecular formula is C13H25N5O2S. The van der Waals surface area contributed by atoms with Gasteiger partial charge >= 0.3 is 5.97 Å². The Kier molecular flexibility index (Phi) is 7.52. The van der Waals surface area contributed by atoms with Gasteiger partial charge in [0.2, 0.25) is 5.95 Å². The predicted octanol–water partition coefficient (Wildman–Crippen LogP) is 1.25. The molecule has 0 aliphatic rings. The van der Waals surface area contributed by atoms with Crippen molar-refractivity contribution in [3.05, 3.63) is 0 Å². The van der Waals surface area contributed by atoms with Crippen LogP contribution in [0.3, 0.4) is 0 Å². The van der Waals surface area contributed by atoms with E-state index in [4.69, 9.17) is 5.11 Å². The van der Waals surface area contributed by atoms with E-state index in [2.05, 4.69) is 26.9 Å². The zero-order chi connectivity index (χ0) is 15.8. The summed E-state index contributed by atoms with van der Waals surface area (Å²) in [6.07, 6.45) is 1.03. The van der Waals surface area contributed by atoms with Crippen molar-refractivity contribution in [3.63, 3.8) is 0 Å². The van der Waals surface area contributed by atoms with Gasteiger partial charge in [-0.15, -0.1) is 10.2 Å². The molecule has 7 nitrogen and oxygen atoms in total. The molecule has 0 aliphatic heterocycles. The maximum atomic E-state index is 10.7. The molecule has 1 rings (SSSR count). The zero-order valence-corrected chi connectivity index (χ0v) is 14.1. The van der Waals surface area contributed by atoms with E-state index in [9.17, 15) is 4.79 Å². The van der Waals surface area contributed by atoms with E-state index in [-0.39, 0.29) is 5.75 Å². The Balaban J connectivity index is 2.88. The minimum atomic E-state index is -0.842. The molecule has 0 unspecified atom stereocenters. The average molecular weight is 315 g/mol. The van der Waals surface area contributed by atoms with Crippen molar-refractivity contribution in [2.75, 3.05) is 44.4 Å². The number of carboxylic acids is 1. The lowest BCUT2D eigenvalue weighted by molar-refractivity contribution is -0.133. The number of likely N-dealkylation sites (N-methyl/N-ethyl adjacent to an activating group) is 1. The van der Waals surface area contributed by atoms with E-state index in [0.717, 1.165) is 38.5 Å². The largest absolute Gasteiger partial charge is 0.481 e. The van der Waals surface area contributed by atoms with E-state index in [1.165, 1.54) is 11.8 Å². The molecule has 1 aromatic heterocycles. The molecule has 0 bridgehead atoms. The standard InChI is InChI=1S/C13H25N5O2S/c1-5-7-17(9-8-16(3)4)12-14-15-13(18(12)6-2)21-10-11(19)20/h5-10H2,1-4H3,(H,19,20). The number of thioether (sulfide) groups is 1. The second-order valence-corrected chi connectivity index (χ2v) is 5.94. The van der Waals surface area contributed by atoms with Crippen LogP contribution in [-0.2, 0) is 11.3 Å². The third kappa shape index (κ3) is 5.55. The van der Waals surface area contributed by atoms with E-state index in [1.54, 1.807) is 0 Å². The van der Waals surface area contributed by atoms with Crippen LogP contribution >= 0.6 is 11.8 Å². The molecular weight excluding hydrogens is 290 g/mol. The molecule has 21 heavy (non-hydrogen) atoms. The number of carbonyl (C=O) groups is 1. The summed E-state index contributed by atoms with van der Waals surface area (Å²) in [5, 5.41) is 17.9. The Labute approximate surface area is 130 Å². The van der Waals surface area contributed by atoms with Crippen molar-refractivity contribution >= 4 is 23.7 Å². The lowest BCUT2D eigenvalue weighted by Crippen LogP contribution is -2.34. The number of nitrogens with zero attached hydrogens (tertiary/aromatic N) is 5. The van der Waals surface area contributed by atoms with Crippen LogP contribution in [0, 0.1) is 0 Å². The summed E-state index contributed by atoms with van der Waals surface area (Å²) >= 11 is 1.21. The number of aromatic nitrogens is 3. The van der Waals surface area contributed by atoms with Crippen molar-refractivity contribution in [2.45, 2.75) is 32.0 Å². The Morgan fingerprint density at radius 2 is 1.95 bits per heavy atom. The van der Waals surface area contributed by atoms with Crippen LogP contribution < -0.4 is 4.90 Å². The lowest BCUT2D eigenvalue weighted by atomic mass is 10.4. The number of rotatable bonds is 10. The molecule has 120 valence electrons. The molecule has 0 saturated heterocycles. The number of aliphatic carboxylic acids is 1. The van der Waals surface area contributed by atoms with E-state index in [0.29, 0.717) is 5.16 Å². The first kappa shape index (κ1) is 17.8. The fourth-order valence-electron chi connectivity index (χ4n) is 1.93. The van der Waals surface area contributed by atoms with Gasteiger partial charge in [-0.25, -0.2) is 0 Å². The van der Waals surface area contributed by atoms with Crippen LogP contribution in [0.5, 0.6) is 0 Å². The van der Waals surface area contributed by atoms with Gasteiger partial charge in [-0.3, -0.25) is 9.36 Å². The van der Waals surface area contributed by atoms with Crippen LogP contribution in [0.2, 0.25) is 0 Å². The van der Waals surface area contributed by atoms with Crippen LogP contribution in [-0.4, -0.2) is 70.2 Å². The normalized spacial score (nSPS) is 11.1. The van der Waals surface area contributed by atoms with Gasteiger partial charge in [0.05, 0.1) is 5.75 Å². The summed E-state index contributed by atoms with van der Waals surface area (Å²) in [5.41, 5.74) is 0. The Hall–Kier alpha value is -1.28. The van der Waals surface area contributed by atoms with Crippen molar-refractivity contribution < 1.29 is 9.90 Å². The fraction of sp³-hybridized carbons (Fsp3) is 0.769. The molecule has 0 aliphatic carbocycles. The van der Waals surface area contributed by atoms with Gasteiger partial charge in [0.25, 0.3) is 0 Å². The maximum absolute atomic E-state index is 10.7. The molecule has 0 atom stereocenters. The van der Waals surface area contributed by atoms with Gasteiger partial charge in [0.1, 0.15) is 0 Å². The first-order valence-corrected chi connectivity index (χ1v) is 8.15. The fourth-order valence-corrected chi connectivity index (χ4v) is 2.64. The van der Waals surface area contributed by atoms with Crippen LogP contribution in [0.15, 0.2) is 5.16 Å². The second-order valence-electron chi connectivity index (χ2n) is 5.00. The number of hydrogen-bond donors (Lipinski definition) is 1. The Bertz CT molecular complexity index is 450. The molecule has 0 fully saturated rings. The molecule has 0 aromatic carbocycles. The number of carboxylic acid groups (broad SMARTS) is 1. The maximum Gasteiger partial charge on any atom is 0.313 e. The van der Waals surface area contributed by atoms with Gasteiger partial charge in [0.15, 0.2) is 5.16 Å². The SMILES string of the molecule is CCCN(CCN(C)C)c1nnc(SCC(=O)O)n1CC. The number of anilines is 1. The minimum Gasteiger partial charge on any atom is -0.481 e. The van der Waals surface area contributed by atoms with Gasteiger partial charge in [0, 0.05) is 26.2 Å². The van der Waals surface area contributed by atoms with Crippen molar-refractivity contribution in [1.82, 2.24) is 19.7 Å². The molecule has 1 aromatic rings. The molecule has 8 heteroatoms. The highest BCUT2D eigenvalue weighted by atomic mass is 32.2. The van der Waals surface area contributed by atoms with E-state index < -0.39 is 5.97 Å². The van der Waals surface area contributed by atoms with Crippen LogP contribution in [0.25, 0.3) is 0 Å². The molecule has 0 radical (unpaired) electrons. The summed E-state index contributed by atoms with van der Waals surface area (Å²) in [6.45, 7) is 7.61. The smallest absolute Gasteiger partial charge is 0.313 e. The number of hydrogen-bond acceptors (Lipinski definition) is 6. The van der Waals surface area contributed by atoms with Gasteiger partial charge in [-0.1, -0.05) is 18.7 Å². The molecule has 0 spiro atoms. The minimum absolute atomic E-state index is 0.00358. The molecule has 1 N–H and O–H groups in total. The first-order chi connectivity index (χ1) is 9.99. The molecule has 0 saturated carbocycles. The summed E-state index contributed by atoms with van der Waals surface area (Å²) < 4.78 is 1.99. The van der Waals surface area contributed by atoms with Gasteiger partial charge in [-0.2, -0.15) is 0 Å². The summed E-state index contributed by atoms with van der Waals surface area (Å²) in [6, 6.07) is 0. The summed E-state index contributed by atoms with van der Waals surface area (Å²) in [5.74, 6) is -0.0109. The summed E-state index contributed by atoms with van der Waals surface area (Å²) in [7, 11) is 4.09. The molecule has 1 heterocycles. The lowest BCUT2D eigenvalue weighted by Gasteiger charge is -2.25. The third-order valence-electron chi connectivity index (χ3n) is 2.93. The van der Waals surface area contributed by atoms with Crippen molar-refractivity contribution in [2.24, 2.45) is 0 Å². The first-order valence-electron chi connectivity index (χ1n) is 7.17. The van der Waals surface area contributed by atoms with Gasteiger partial charge in [-0.05, 0) is 27.4 Å².